The molecule has 22 heavy (non-hydrogen) atoms. The number of hydrogen-bond acceptors (Lipinski definition) is 3. The number of carbonyl (C=O) groups excluding carboxylic acids is 1. The van der Waals surface area contributed by atoms with Gasteiger partial charge < -0.3 is 4.90 Å². The van der Waals surface area contributed by atoms with E-state index in [1.807, 2.05) is 18.2 Å². The SMILES string of the molecule is CN(Cc1ccccc1C(C)(C)C)C(=O)c1nn(C)c(=O)[nH]1. The molecule has 1 aromatic heterocycles. The number of nitrogens with one attached hydrogen (secondary N) is 1. The van der Waals surface area contributed by atoms with Crippen molar-refractivity contribution in [3.63, 3.8) is 0 Å². The molecule has 2 aromatic rings. The van der Waals surface area contributed by atoms with Crippen molar-refractivity contribution in [2.45, 2.75) is 32.7 Å². The Labute approximate surface area is 129 Å². The van der Waals surface area contributed by atoms with E-state index in [0.29, 0.717) is 6.54 Å². The Morgan fingerprint density at radius 3 is 2.50 bits per heavy atom. The summed E-state index contributed by atoms with van der Waals surface area (Å²) in [6.45, 7) is 6.89. The predicted molar refractivity (Wildman–Crippen MR) is 84.8 cm³/mol. The second-order valence-electron chi connectivity index (χ2n) is 6.47. The van der Waals surface area contributed by atoms with Gasteiger partial charge in [0, 0.05) is 20.6 Å². The molecular weight excluding hydrogens is 280 g/mol. The van der Waals surface area contributed by atoms with Gasteiger partial charge in [0.05, 0.1) is 0 Å². The van der Waals surface area contributed by atoms with Crippen LogP contribution in [0.4, 0.5) is 0 Å². The second-order valence-corrected chi connectivity index (χ2v) is 6.47. The number of amides is 1. The summed E-state index contributed by atoms with van der Waals surface area (Å²) in [5, 5.41) is 3.90. The van der Waals surface area contributed by atoms with Gasteiger partial charge in [-0.25, -0.2) is 9.48 Å². The maximum absolute atomic E-state index is 12.4. The van der Waals surface area contributed by atoms with Crippen LogP contribution in [0.25, 0.3) is 0 Å². The topological polar surface area (TPSA) is 71.0 Å². The Bertz CT molecular complexity index is 737. The number of aromatic nitrogens is 3. The van der Waals surface area contributed by atoms with Crippen molar-refractivity contribution in [3.8, 4) is 0 Å². The summed E-state index contributed by atoms with van der Waals surface area (Å²) < 4.78 is 1.12. The average molecular weight is 302 g/mol. The molecule has 6 heteroatoms. The van der Waals surface area contributed by atoms with E-state index >= 15 is 0 Å². The van der Waals surface area contributed by atoms with Crippen molar-refractivity contribution in [1.82, 2.24) is 19.7 Å². The van der Waals surface area contributed by atoms with E-state index in [0.717, 1.165) is 10.2 Å². The molecule has 118 valence electrons. The highest BCUT2D eigenvalue weighted by molar-refractivity contribution is 5.90. The first-order chi connectivity index (χ1) is 10.2. The lowest BCUT2D eigenvalue weighted by Gasteiger charge is -2.25. The van der Waals surface area contributed by atoms with Crippen LogP contribution in [0.5, 0.6) is 0 Å². The number of rotatable bonds is 3. The Morgan fingerprint density at radius 1 is 1.32 bits per heavy atom. The molecule has 0 saturated heterocycles. The van der Waals surface area contributed by atoms with E-state index in [9.17, 15) is 9.59 Å². The Kier molecular flexibility index (Phi) is 4.21. The van der Waals surface area contributed by atoms with Gasteiger partial charge in [-0.15, -0.1) is 5.10 Å². The monoisotopic (exact) mass is 302 g/mol. The van der Waals surface area contributed by atoms with Gasteiger partial charge in [0.2, 0.25) is 5.82 Å². The Balaban J connectivity index is 2.24. The summed E-state index contributed by atoms with van der Waals surface area (Å²) in [6, 6.07) is 8.06. The molecule has 0 bridgehead atoms. The molecule has 0 spiro atoms. The smallest absolute Gasteiger partial charge is 0.335 e. The number of H-pyrrole nitrogens is 1. The summed E-state index contributed by atoms with van der Waals surface area (Å²) in [6.07, 6.45) is 0. The quantitative estimate of drug-likeness (QED) is 0.937. The highest BCUT2D eigenvalue weighted by Gasteiger charge is 2.21. The average Bonchev–Trinajstić information content (AvgIpc) is 2.77. The number of aryl methyl sites for hydroxylation is 1. The van der Waals surface area contributed by atoms with E-state index in [1.54, 1.807) is 11.9 Å². The van der Waals surface area contributed by atoms with E-state index in [2.05, 4.69) is 36.9 Å². The molecule has 0 aliphatic heterocycles. The molecule has 0 fully saturated rings. The fourth-order valence-electron chi connectivity index (χ4n) is 2.40. The van der Waals surface area contributed by atoms with Gasteiger partial charge in [-0.3, -0.25) is 9.78 Å². The molecule has 2 rings (SSSR count). The van der Waals surface area contributed by atoms with Crippen molar-refractivity contribution in [2.75, 3.05) is 7.05 Å². The number of nitrogens with zero attached hydrogens (tertiary/aromatic N) is 3. The Morgan fingerprint density at radius 2 is 1.95 bits per heavy atom. The largest absolute Gasteiger partial charge is 0.343 e. The molecule has 0 unspecified atom stereocenters. The van der Waals surface area contributed by atoms with Crippen LogP contribution in [0.3, 0.4) is 0 Å². The summed E-state index contributed by atoms with van der Waals surface area (Å²) in [7, 11) is 3.21. The molecule has 1 N–H and O–H groups in total. The maximum atomic E-state index is 12.4. The van der Waals surface area contributed by atoms with Crippen molar-refractivity contribution in [3.05, 3.63) is 51.7 Å². The van der Waals surface area contributed by atoms with E-state index in [1.165, 1.54) is 12.6 Å². The van der Waals surface area contributed by atoms with Gasteiger partial charge in [0.1, 0.15) is 0 Å². The molecular formula is C16H22N4O2. The minimum Gasteiger partial charge on any atom is -0.335 e. The summed E-state index contributed by atoms with van der Waals surface area (Å²) in [5.41, 5.74) is 1.89. The summed E-state index contributed by atoms with van der Waals surface area (Å²) in [4.78, 5) is 27.8. The van der Waals surface area contributed by atoms with Crippen LogP contribution in [0, 0.1) is 0 Å². The third-order valence-corrected chi connectivity index (χ3v) is 3.55. The van der Waals surface area contributed by atoms with Crippen molar-refractivity contribution in [1.29, 1.82) is 0 Å². The highest BCUT2D eigenvalue weighted by Crippen LogP contribution is 2.26. The van der Waals surface area contributed by atoms with Crippen molar-refractivity contribution >= 4 is 5.91 Å². The van der Waals surface area contributed by atoms with Crippen LogP contribution >= 0.6 is 0 Å². The number of benzene rings is 1. The van der Waals surface area contributed by atoms with Gasteiger partial charge in [0.25, 0.3) is 5.91 Å². The van der Waals surface area contributed by atoms with Gasteiger partial charge in [0.15, 0.2) is 0 Å². The molecule has 0 atom stereocenters. The first-order valence-corrected chi connectivity index (χ1v) is 7.17. The normalized spacial score (nSPS) is 11.5. The lowest BCUT2D eigenvalue weighted by Crippen LogP contribution is -2.29. The second kappa shape index (κ2) is 5.79. The van der Waals surface area contributed by atoms with Gasteiger partial charge in [-0.2, -0.15) is 0 Å². The Hall–Kier alpha value is -2.37. The molecule has 1 heterocycles. The zero-order valence-corrected chi connectivity index (χ0v) is 13.7. The number of carbonyl (C=O) groups is 1. The molecule has 0 radical (unpaired) electrons. The first kappa shape index (κ1) is 16.0. The van der Waals surface area contributed by atoms with Crippen LogP contribution in [-0.4, -0.2) is 32.6 Å². The van der Waals surface area contributed by atoms with Gasteiger partial charge in [-0.05, 0) is 16.5 Å². The fourth-order valence-corrected chi connectivity index (χ4v) is 2.40. The predicted octanol–water partition coefficient (Wildman–Crippen LogP) is 1.68. The number of hydrogen-bond donors (Lipinski definition) is 1. The lowest BCUT2D eigenvalue weighted by molar-refractivity contribution is 0.0772. The standard InChI is InChI=1S/C16H22N4O2/c1-16(2,3)12-9-7-6-8-11(12)10-19(4)14(21)13-17-15(22)20(5)18-13/h6-9H,10H2,1-5H3,(H,17,18,22). The molecule has 0 aliphatic rings. The van der Waals surface area contributed by atoms with Crippen LogP contribution in [0.15, 0.2) is 29.1 Å². The highest BCUT2D eigenvalue weighted by atomic mass is 16.2. The van der Waals surface area contributed by atoms with Crippen molar-refractivity contribution < 1.29 is 4.79 Å². The maximum Gasteiger partial charge on any atom is 0.343 e. The van der Waals surface area contributed by atoms with Crippen molar-refractivity contribution in [2.24, 2.45) is 7.05 Å². The number of aromatic amines is 1. The van der Waals surface area contributed by atoms with Gasteiger partial charge in [-0.1, -0.05) is 45.0 Å². The van der Waals surface area contributed by atoms with E-state index < -0.39 is 5.69 Å². The first-order valence-electron chi connectivity index (χ1n) is 7.17. The zero-order chi connectivity index (χ0) is 16.5. The van der Waals surface area contributed by atoms with E-state index in [4.69, 9.17) is 0 Å². The minimum absolute atomic E-state index is 0.000207. The van der Waals surface area contributed by atoms with Gasteiger partial charge >= 0.3 is 5.69 Å². The summed E-state index contributed by atoms with van der Waals surface area (Å²) in [5.74, 6) is -0.246. The van der Waals surface area contributed by atoms with Crippen LogP contribution in [0.2, 0.25) is 0 Å². The molecule has 0 aliphatic carbocycles. The fraction of sp³-hybridized carbons (Fsp3) is 0.438. The minimum atomic E-state index is -0.396. The lowest BCUT2D eigenvalue weighted by atomic mass is 9.83. The molecule has 0 saturated carbocycles. The zero-order valence-electron chi connectivity index (χ0n) is 13.7. The molecule has 1 aromatic carbocycles. The summed E-state index contributed by atoms with van der Waals surface area (Å²) >= 11 is 0. The van der Waals surface area contributed by atoms with Crippen LogP contribution in [-0.2, 0) is 19.0 Å². The third kappa shape index (κ3) is 3.27. The van der Waals surface area contributed by atoms with Crippen LogP contribution in [0.1, 0.15) is 42.5 Å². The third-order valence-electron chi connectivity index (χ3n) is 3.55. The van der Waals surface area contributed by atoms with Crippen LogP contribution < -0.4 is 5.69 Å². The van der Waals surface area contributed by atoms with E-state index in [-0.39, 0.29) is 17.1 Å². The molecule has 6 nitrogen and oxygen atoms in total. The molecule has 1 amide bonds.